The molecule has 2 rings (SSSR count). The van der Waals surface area contributed by atoms with Gasteiger partial charge in [-0.25, -0.2) is 9.59 Å². The second kappa shape index (κ2) is 6.91. The maximum atomic E-state index is 12.2. The van der Waals surface area contributed by atoms with Crippen molar-refractivity contribution in [1.29, 1.82) is 0 Å². The molecule has 2 unspecified atom stereocenters. The van der Waals surface area contributed by atoms with E-state index in [0.717, 1.165) is 19.5 Å². The summed E-state index contributed by atoms with van der Waals surface area (Å²) in [6.07, 6.45) is 1.07. The number of likely N-dealkylation sites (tertiary alicyclic amines) is 1. The van der Waals surface area contributed by atoms with Crippen LogP contribution in [0.5, 0.6) is 0 Å². The van der Waals surface area contributed by atoms with Crippen molar-refractivity contribution in [3.63, 3.8) is 0 Å². The third kappa shape index (κ3) is 4.18. The smallest absolute Gasteiger partial charge is 0.331 e. The Kier molecular flexibility index (Phi) is 5.19. The molecule has 0 aromatic carbocycles. The van der Waals surface area contributed by atoms with Gasteiger partial charge in [0.25, 0.3) is 0 Å². The molecule has 0 aliphatic carbocycles. The average molecular weight is 311 g/mol. The van der Waals surface area contributed by atoms with Crippen molar-refractivity contribution in [3.8, 4) is 0 Å². The monoisotopic (exact) mass is 311 g/mol. The van der Waals surface area contributed by atoms with E-state index in [2.05, 4.69) is 17.3 Å². The van der Waals surface area contributed by atoms with E-state index in [1.54, 1.807) is 29.5 Å². The Morgan fingerprint density at radius 2 is 2.38 bits per heavy atom. The maximum Gasteiger partial charge on any atom is 0.331 e. The number of carboxylic acid groups (broad SMARTS) is 1. The number of amides is 2. The molecule has 21 heavy (non-hydrogen) atoms. The number of carboxylic acids is 1. The first-order valence-electron chi connectivity index (χ1n) is 6.93. The van der Waals surface area contributed by atoms with Crippen LogP contribution in [0.3, 0.4) is 0 Å². The highest BCUT2D eigenvalue weighted by atomic mass is 32.1. The number of hydrogen-bond acceptors (Lipinski definition) is 4. The molecule has 116 valence electrons. The summed E-state index contributed by atoms with van der Waals surface area (Å²) in [4.78, 5) is 27.9. The van der Waals surface area contributed by atoms with Gasteiger partial charge in [-0.15, -0.1) is 11.3 Å². The highest BCUT2D eigenvalue weighted by Crippen LogP contribution is 2.20. The van der Waals surface area contributed by atoms with Gasteiger partial charge in [-0.05, 0) is 37.4 Å². The van der Waals surface area contributed by atoms with Gasteiger partial charge in [-0.3, -0.25) is 0 Å². The number of hydrogen-bond donors (Lipinski definition) is 2. The molecule has 1 aliphatic rings. The van der Waals surface area contributed by atoms with Crippen molar-refractivity contribution < 1.29 is 14.7 Å². The van der Waals surface area contributed by atoms with Gasteiger partial charge < -0.3 is 20.2 Å². The van der Waals surface area contributed by atoms with Crippen LogP contribution in [-0.4, -0.2) is 60.6 Å². The van der Waals surface area contributed by atoms with Gasteiger partial charge in [0, 0.05) is 25.0 Å². The molecule has 1 aromatic rings. The molecule has 0 radical (unpaired) electrons. The summed E-state index contributed by atoms with van der Waals surface area (Å²) in [5.41, 5.74) is 0. The number of thiophene rings is 1. The second-order valence-electron chi connectivity index (χ2n) is 5.53. The largest absolute Gasteiger partial charge is 0.479 e. The topological polar surface area (TPSA) is 72.9 Å². The van der Waals surface area contributed by atoms with Crippen LogP contribution in [0.4, 0.5) is 4.79 Å². The third-order valence-corrected chi connectivity index (χ3v) is 4.65. The predicted octanol–water partition coefficient (Wildman–Crippen LogP) is 1.47. The minimum Gasteiger partial charge on any atom is -0.479 e. The molecule has 2 amide bonds. The third-order valence-electron chi connectivity index (χ3n) is 3.71. The lowest BCUT2D eigenvalue weighted by atomic mass is 10.1. The first kappa shape index (κ1) is 15.8. The molecule has 1 saturated heterocycles. The predicted molar refractivity (Wildman–Crippen MR) is 81.5 cm³/mol. The van der Waals surface area contributed by atoms with Gasteiger partial charge in [-0.1, -0.05) is 6.07 Å². The van der Waals surface area contributed by atoms with Gasteiger partial charge in [0.2, 0.25) is 0 Å². The van der Waals surface area contributed by atoms with Crippen LogP contribution in [0.1, 0.15) is 17.3 Å². The van der Waals surface area contributed by atoms with Gasteiger partial charge in [0.1, 0.15) is 0 Å². The molecular formula is C14H21N3O3S. The maximum absolute atomic E-state index is 12.2. The van der Waals surface area contributed by atoms with E-state index in [1.165, 1.54) is 11.3 Å². The Morgan fingerprint density at radius 1 is 1.62 bits per heavy atom. The molecule has 6 nitrogen and oxygen atoms in total. The molecule has 1 aliphatic heterocycles. The molecule has 0 bridgehead atoms. The summed E-state index contributed by atoms with van der Waals surface area (Å²) in [5, 5.41) is 13.7. The van der Waals surface area contributed by atoms with E-state index in [-0.39, 0.29) is 6.03 Å². The second-order valence-corrected chi connectivity index (χ2v) is 6.51. The fraction of sp³-hybridized carbons (Fsp3) is 0.571. The summed E-state index contributed by atoms with van der Waals surface area (Å²) in [6, 6.07) is 2.17. The van der Waals surface area contributed by atoms with Gasteiger partial charge in [0.05, 0.1) is 0 Å². The van der Waals surface area contributed by atoms with Crippen LogP contribution in [-0.2, 0) is 4.79 Å². The molecule has 7 heteroatoms. The molecule has 2 atom stereocenters. The van der Waals surface area contributed by atoms with Crippen molar-refractivity contribution in [2.45, 2.75) is 12.5 Å². The molecule has 1 fully saturated rings. The highest BCUT2D eigenvalue weighted by molar-refractivity contribution is 7.10. The van der Waals surface area contributed by atoms with Gasteiger partial charge >= 0.3 is 12.0 Å². The zero-order valence-corrected chi connectivity index (χ0v) is 13.1. The fourth-order valence-corrected chi connectivity index (χ4v) is 3.36. The lowest BCUT2D eigenvalue weighted by Crippen LogP contribution is -2.43. The fourth-order valence-electron chi connectivity index (χ4n) is 2.59. The van der Waals surface area contributed by atoms with E-state index in [0.29, 0.717) is 17.3 Å². The Bertz CT molecular complexity index is 492. The van der Waals surface area contributed by atoms with Crippen LogP contribution in [0, 0.1) is 5.92 Å². The summed E-state index contributed by atoms with van der Waals surface area (Å²) in [7, 11) is 3.78. The lowest BCUT2D eigenvalue weighted by Gasteiger charge is -2.23. The quantitative estimate of drug-likeness (QED) is 0.863. The highest BCUT2D eigenvalue weighted by Gasteiger charge is 2.27. The number of carbonyl (C=O) groups excluding carboxylic acids is 1. The van der Waals surface area contributed by atoms with E-state index in [9.17, 15) is 14.7 Å². The van der Waals surface area contributed by atoms with E-state index >= 15 is 0 Å². The standard InChI is InChI=1S/C14H21N3O3S/c1-16-6-5-10(8-16)9-17(2)14(20)15-12(13(18)19)11-4-3-7-21-11/h3-4,7,10,12H,5-6,8-9H2,1-2H3,(H,15,20)(H,18,19). The van der Waals surface area contributed by atoms with Crippen molar-refractivity contribution in [2.24, 2.45) is 5.92 Å². The van der Waals surface area contributed by atoms with Crippen LogP contribution >= 0.6 is 11.3 Å². The zero-order chi connectivity index (χ0) is 15.4. The van der Waals surface area contributed by atoms with E-state index < -0.39 is 12.0 Å². The molecule has 2 N–H and O–H groups in total. The van der Waals surface area contributed by atoms with Crippen molar-refractivity contribution in [1.82, 2.24) is 15.1 Å². The van der Waals surface area contributed by atoms with Crippen molar-refractivity contribution in [2.75, 3.05) is 33.7 Å². The van der Waals surface area contributed by atoms with Crippen LogP contribution < -0.4 is 5.32 Å². The number of aliphatic carboxylic acids is 1. The first-order valence-corrected chi connectivity index (χ1v) is 7.81. The number of urea groups is 1. The lowest BCUT2D eigenvalue weighted by molar-refractivity contribution is -0.139. The Balaban J connectivity index is 1.91. The summed E-state index contributed by atoms with van der Waals surface area (Å²) < 4.78 is 0. The normalized spacial score (nSPS) is 20.2. The molecule has 2 heterocycles. The van der Waals surface area contributed by atoms with Crippen LogP contribution in [0.2, 0.25) is 0 Å². The van der Waals surface area contributed by atoms with Crippen molar-refractivity contribution >= 4 is 23.3 Å². The molecule has 0 spiro atoms. The Hall–Kier alpha value is -1.60. The number of carbonyl (C=O) groups is 2. The Labute approximate surface area is 128 Å². The molecular weight excluding hydrogens is 290 g/mol. The zero-order valence-electron chi connectivity index (χ0n) is 12.3. The minimum absolute atomic E-state index is 0.342. The van der Waals surface area contributed by atoms with Gasteiger partial charge in [0.15, 0.2) is 6.04 Å². The molecule has 0 saturated carbocycles. The number of nitrogens with zero attached hydrogens (tertiary/aromatic N) is 2. The van der Waals surface area contributed by atoms with Crippen LogP contribution in [0.15, 0.2) is 17.5 Å². The molecule has 1 aromatic heterocycles. The van der Waals surface area contributed by atoms with Crippen LogP contribution in [0.25, 0.3) is 0 Å². The van der Waals surface area contributed by atoms with Crippen molar-refractivity contribution in [3.05, 3.63) is 22.4 Å². The number of rotatable bonds is 5. The summed E-state index contributed by atoms with van der Waals surface area (Å²) >= 11 is 1.33. The van der Waals surface area contributed by atoms with Gasteiger partial charge in [-0.2, -0.15) is 0 Å². The van der Waals surface area contributed by atoms with E-state index in [4.69, 9.17) is 0 Å². The average Bonchev–Trinajstić information content (AvgIpc) is 3.07. The first-order chi connectivity index (χ1) is 9.97. The number of nitrogens with one attached hydrogen (secondary N) is 1. The Morgan fingerprint density at radius 3 is 2.90 bits per heavy atom. The summed E-state index contributed by atoms with van der Waals surface area (Å²) in [5.74, 6) is -0.587. The minimum atomic E-state index is -1.04. The SMILES string of the molecule is CN1CCC(CN(C)C(=O)NC(C(=O)O)c2cccs2)C1. The summed E-state index contributed by atoms with van der Waals surface area (Å²) in [6.45, 7) is 2.67. The van der Waals surface area contributed by atoms with E-state index in [1.807, 2.05) is 0 Å².